The van der Waals surface area contributed by atoms with Crippen molar-refractivity contribution in [2.24, 2.45) is 0 Å². The van der Waals surface area contributed by atoms with Gasteiger partial charge in [-0.25, -0.2) is 0 Å². The Balaban J connectivity index is 2.71. The van der Waals surface area contributed by atoms with Gasteiger partial charge in [-0.15, -0.1) is 0 Å². The number of rotatable bonds is 6. The third-order valence-corrected chi connectivity index (χ3v) is 4.34. The number of nitrogens with zero attached hydrogens (tertiary/aromatic N) is 4. The van der Waals surface area contributed by atoms with E-state index in [1.165, 1.54) is 22.7 Å². The van der Waals surface area contributed by atoms with Gasteiger partial charge in [-0.1, -0.05) is 6.07 Å². The maximum Gasteiger partial charge on any atom is 0.281 e. The van der Waals surface area contributed by atoms with Crippen LogP contribution >= 0.6 is 0 Å². The predicted octanol–water partition coefficient (Wildman–Crippen LogP) is 0.604. The fourth-order valence-electron chi connectivity index (χ4n) is 1.39. The van der Waals surface area contributed by atoms with Gasteiger partial charge in [0, 0.05) is 46.0 Å². The fourth-order valence-corrected chi connectivity index (χ4v) is 2.50. The molecule has 0 aliphatic carbocycles. The molecule has 0 fully saturated rings. The van der Waals surface area contributed by atoms with E-state index in [-0.39, 0.29) is 19.5 Å². The molecule has 0 aliphatic rings. The summed E-state index contributed by atoms with van der Waals surface area (Å²) in [6, 6.07) is 5.50. The van der Waals surface area contributed by atoms with E-state index in [4.69, 9.17) is 5.26 Å². The minimum absolute atomic E-state index is 0.177. The van der Waals surface area contributed by atoms with Crippen molar-refractivity contribution in [1.82, 2.24) is 13.6 Å². The van der Waals surface area contributed by atoms with Gasteiger partial charge in [0.2, 0.25) is 0 Å². The van der Waals surface area contributed by atoms with Crippen molar-refractivity contribution in [2.75, 3.05) is 20.6 Å². The normalized spacial score (nSPS) is 11.7. The SMILES string of the molecule is CN(CCC#N)S(=O)(=O)N(C)Cc1cccnc1. The minimum Gasteiger partial charge on any atom is -0.264 e. The summed E-state index contributed by atoms with van der Waals surface area (Å²) in [6.45, 7) is 0.448. The molecule has 0 bridgehead atoms. The molecule has 0 atom stereocenters. The monoisotopic (exact) mass is 268 g/mol. The predicted molar refractivity (Wildman–Crippen MR) is 67.5 cm³/mol. The van der Waals surface area contributed by atoms with Crippen LogP contribution in [0.3, 0.4) is 0 Å². The summed E-state index contributed by atoms with van der Waals surface area (Å²) < 4.78 is 26.5. The number of pyridine rings is 1. The Bertz CT molecular complexity index is 510. The first-order valence-corrected chi connectivity index (χ1v) is 6.81. The van der Waals surface area contributed by atoms with Crippen molar-refractivity contribution in [3.05, 3.63) is 30.1 Å². The van der Waals surface area contributed by atoms with Gasteiger partial charge in [-0.05, 0) is 11.6 Å². The number of nitriles is 1. The van der Waals surface area contributed by atoms with Crippen LogP contribution in [0.15, 0.2) is 24.5 Å². The van der Waals surface area contributed by atoms with E-state index >= 15 is 0 Å². The maximum atomic E-state index is 12.1. The molecule has 0 saturated carbocycles. The lowest BCUT2D eigenvalue weighted by molar-refractivity contribution is 0.392. The highest BCUT2D eigenvalue weighted by atomic mass is 32.2. The molecule has 7 heteroatoms. The fraction of sp³-hybridized carbons (Fsp3) is 0.455. The van der Waals surface area contributed by atoms with Gasteiger partial charge in [0.05, 0.1) is 6.07 Å². The van der Waals surface area contributed by atoms with Gasteiger partial charge < -0.3 is 0 Å². The number of aromatic nitrogens is 1. The summed E-state index contributed by atoms with van der Waals surface area (Å²) in [7, 11) is -0.552. The Labute approximate surface area is 108 Å². The quantitative estimate of drug-likeness (QED) is 0.757. The molecule has 0 N–H and O–H groups in total. The summed E-state index contributed by atoms with van der Waals surface area (Å²) in [5.74, 6) is 0. The first-order valence-electron chi connectivity index (χ1n) is 5.42. The molecule has 1 aromatic rings. The van der Waals surface area contributed by atoms with Crippen LogP contribution in [0.4, 0.5) is 0 Å². The van der Waals surface area contributed by atoms with Crippen LogP contribution in [0.5, 0.6) is 0 Å². The zero-order chi connectivity index (χ0) is 13.6. The van der Waals surface area contributed by atoms with E-state index in [0.717, 1.165) is 5.56 Å². The smallest absolute Gasteiger partial charge is 0.264 e. The molecular weight excluding hydrogens is 252 g/mol. The lowest BCUT2D eigenvalue weighted by Crippen LogP contribution is -2.39. The van der Waals surface area contributed by atoms with Crippen molar-refractivity contribution < 1.29 is 8.42 Å². The molecule has 1 heterocycles. The molecule has 0 unspecified atom stereocenters. The first-order chi connectivity index (χ1) is 8.48. The van der Waals surface area contributed by atoms with E-state index in [1.807, 2.05) is 12.1 Å². The van der Waals surface area contributed by atoms with Crippen molar-refractivity contribution in [3.8, 4) is 6.07 Å². The zero-order valence-corrected chi connectivity index (χ0v) is 11.3. The molecule has 98 valence electrons. The number of hydrogen-bond donors (Lipinski definition) is 0. The van der Waals surface area contributed by atoms with E-state index in [2.05, 4.69) is 4.98 Å². The highest BCUT2D eigenvalue weighted by Gasteiger charge is 2.23. The second-order valence-corrected chi connectivity index (χ2v) is 6.00. The van der Waals surface area contributed by atoms with Gasteiger partial charge in [-0.2, -0.15) is 22.3 Å². The molecule has 18 heavy (non-hydrogen) atoms. The van der Waals surface area contributed by atoms with Crippen molar-refractivity contribution in [2.45, 2.75) is 13.0 Å². The van der Waals surface area contributed by atoms with Crippen LogP contribution in [-0.2, 0) is 16.8 Å². The summed E-state index contributed by atoms with van der Waals surface area (Å²) in [5.41, 5.74) is 0.817. The third-order valence-electron chi connectivity index (χ3n) is 2.45. The Kier molecular flexibility index (Phi) is 5.22. The van der Waals surface area contributed by atoms with Crippen LogP contribution in [-0.4, -0.2) is 42.7 Å². The van der Waals surface area contributed by atoms with Crippen molar-refractivity contribution in [1.29, 1.82) is 5.26 Å². The topological polar surface area (TPSA) is 77.3 Å². The van der Waals surface area contributed by atoms with Gasteiger partial charge in [-0.3, -0.25) is 4.98 Å². The van der Waals surface area contributed by atoms with Crippen LogP contribution in [0.1, 0.15) is 12.0 Å². The molecule has 6 nitrogen and oxygen atoms in total. The van der Waals surface area contributed by atoms with Gasteiger partial charge in [0.1, 0.15) is 0 Å². The van der Waals surface area contributed by atoms with Crippen molar-refractivity contribution in [3.63, 3.8) is 0 Å². The standard InChI is InChI=1S/C11H16N4O2S/c1-14(8-4-6-12)18(16,17)15(2)10-11-5-3-7-13-9-11/h3,5,7,9H,4,8,10H2,1-2H3. The molecule has 0 aliphatic heterocycles. The Morgan fingerprint density at radius 3 is 2.67 bits per heavy atom. The summed E-state index contributed by atoms with van der Waals surface area (Å²) in [6.07, 6.45) is 3.44. The molecule has 0 aromatic carbocycles. The molecule has 0 amide bonds. The largest absolute Gasteiger partial charge is 0.281 e. The lowest BCUT2D eigenvalue weighted by Gasteiger charge is -2.23. The summed E-state index contributed by atoms with van der Waals surface area (Å²) >= 11 is 0. The van der Waals surface area contributed by atoms with E-state index in [1.54, 1.807) is 18.5 Å². The second kappa shape index (κ2) is 6.44. The second-order valence-electron chi connectivity index (χ2n) is 3.85. The van der Waals surface area contributed by atoms with E-state index in [9.17, 15) is 8.42 Å². The zero-order valence-electron chi connectivity index (χ0n) is 10.4. The molecule has 0 saturated heterocycles. The van der Waals surface area contributed by atoms with Crippen LogP contribution < -0.4 is 0 Å². The van der Waals surface area contributed by atoms with Gasteiger partial charge >= 0.3 is 0 Å². The summed E-state index contributed by atoms with van der Waals surface area (Å²) in [4.78, 5) is 3.94. The molecule has 0 radical (unpaired) electrons. The highest BCUT2D eigenvalue weighted by Crippen LogP contribution is 2.09. The van der Waals surface area contributed by atoms with Crippen LogP contribution in [0, 0.1) is 11.3 Å². The Morgan fingerprint density at radius 2 is 2.11 bits per heavy atom. The third kappa shape index (κ3) is 3.77. The Morgan fingerprint density at radius 1 is 1.39 bits per heavy atom. The average molecular weight is 268 g/mol. The van der Waals surface area contributed by atoms with Crippen LogP contribution in [0.2, 0.25) is 0 Å². The van der Waals surface area contributed by atoms with Gasteiger partial charge in [0.25, 0.3) is 10.2 Å². The maximum absolute atomic E-state index is 12.1. The highest BCUT2D eigenvalue weighted by molar-refractivity contribution is 7.86. The molecule has 0 spiro atoms. The van der Waals surface area contributed by atoms with E-state index in [0.29, 0.717) is 0 Å². The van der Waals surface area contributed by atoms with Crippen molar-refractivity contribution >= 4 is 10.2 Å². The molecular formula is C11H16N4O2S. The first kappa shape index (κ1) is 14.6. The minimum atomic E-state index is -3.52. The van der Waals surface area contributed by atoms with Gasteiger partial charge in [0.15, 0.2) is 0 Å². The Hall–Kier alpha value is -1.49. The van der Waals surface area contributed by atoms with E-state index < -0.39 is 10.2 Å². The molecule has 1 aromatic heterocycles. The molecule has 1 rings (SSSR count). The average Bonchev–Trinajstić information content (AvgIpc) is 2.36. The van der Waals surface area contributed by atoms with Crippen LogP contribution in [0.25, 0.3) is 0 Å². The number of hydrogen-bond acceptors (Lipinski definition) is 4. The lowest BCUT2D eigenvalue weighted by atomic mass is 10.3. The summed E-state index contributed by atoms with van der Waals surface area (Å²) in [5, 5.41) is 8.46.